The molecule has 1 aromatic carbocycles. The number of hydrogen-bond donors (Lipinski definition) is 1. The Morgan fingerprint density at radius 3 is 2.60 bits per heavy atom. The Bertz CT molecular complexity index is 385. The van der Waals surface area contributed by atoms with Crippen molar-refractivity contribution in [2.45, 2.75) is 19.4 Å². The molecule has 0 aliphatic carbocycles. The highest BCUT2D eigenvalue weighted by Gasteiger charge is 2.16. The molecule has 80 valence electrons. The van der Waals surface area contributed by atoms with E-state index in [0.717, 1.165) is 6.07 Å². The number of rotatable bonds is 3. The molecule has 2 nitrogen and oxygen atoms in total. The van der Waals surface area contributed by atoms with Gasteiger partial charge in [-0.3, -0.25) is 0 Å². The quantitative estimate of drug-likeness (QED) is 0.839. The predicted molar refractivity (Wildman–Crippen MR) is 50.2 cm³/mol. The minimum Gasteiger partial charge on any atom is -0.376 e. The summed E-state index contributed by atoms with van der Waals surface area (Å²) in [5, 5.41) is 11.0. The Balaban J connectivity index is 2.96. The highest BCUT2D eigenvalue weighted by molar-refractivity contribution is 5.58. The van der Waals surface area contributed by atoms with E-state index in [2.05, 4.69) is 5.32 Å². The van der Waals surface area contributed by atoms with Crippen LogP contribution in [0.4, 0.5) is 18.9 Å². The Morgan fingerprint density at radius 1 is 1.40 bits per heavy atom. The zero-order valence-corrected chi connectivity index (χ0v) is 7.97. The number of halogens is 3. The van der Waals surface area contributed by atoms with Crippen LogP contribution < -0.4 is 5.32 Å². The SMILES string of the molecule is CC(Nc1cccc(F)c1C#N)C(F)F. The molecule has 0 saturated heterocycles. The first-order valence-electron chi connectivity index (χ1n) is 4.29. The van der Waals surface area contributed by atoms with E-state index in [1.165, 1.54) is 19.1 Å². The van der Waals surface area contributed by atoms with Gasteiger partial charge in [0.2, 0.25) is 0 Å². The number of nitrogens with one attached hydrogen (secondary N) is 1. The maximum atomic E-state index is 13.1. The van der Waals surface area contributed by atoms with Crippen LogP contribution in [0.25, 0.3) is 0 Å². The average Bonchev–Trinajstić information content (AvgIpc) is 2.18. The van der Waals surface area contributed by atoms with Gasteiger partial charge < -0.3 is 5.32 Å². The van der Waals surface area contributed by atoms with Gasteiger partial charge in [0.15, 0.2) is 0 Å². The molecular weight excluding hydrogens is 205 g/mol. The molecule has 0 radical (unpaired) electrons. The number of nitriles is 1. The fraction of sp³-hybridized carbons (Fsp3) is 0.300. The van der Waals surface area contributed by atoms with Gasteiger partial charge in [0.05, 0.1) is 11.7 Å². The monoisotopic (exact) mass is 214 g/mol. The fourth-order valence-corrected chi connectivity index (χ4v) is 1.07. The van der Waals surface area contributed by atoms with Crippen molar-refractivity contribution in [3.05, 3.63) is 29.6 Å². The van der Waals surface area contributed by atoms with E-state index in [1.54, 1.807) is 6.07 Å². The van der Waals surface area contributed by atoms with E-state index in [9.17, 15) is 13.2 Å². The summed E-state index contributed by atoms with van der Waals surface area (Å²) in [5.41, 5.74) is -0.157. The molecule has 1 rings (SSSR count). The van der Waals surface area contributed by atoms with Crippen LogP contribution in [0.1, 0.15) is 12.5 Å². The predicted octanol–water partition coefficient (Wildman–Crippen LogP) is 2.76. The van der Waals surface area contributed by atoms with Gasteiger partial charge in [0, 0.05) is 0 Å². The third kappa shape index (κ3) is 2.62. The van der Waals surface area contributed by atoms with Crippen LogP contribution in [0.5, 0.6) is 0 Å². The number of anilines is 1. The normalized spacial score (nSPS) is 12.3. The molecule has 0 amide bonds. The summed E-state index contributed by atoms with van der Waals surface area (Å²) in [7, 11) is 0. The van der Waals surface area contributed by atoms with Crippen LogP contribution in [0.3, 0.4) is 0 Å². The smallest absolute Gasteiger partial charge is 0.258 e. The van der Waals surface area contributed by atoms with Gasteiger partial charge in [-0.05, 0) is 19.1 Å². The maximum Gasteiger partial charge on any atom is 0.258 e. The number of alkyl halides is 2. The van der Waals surface area contributed by atoms with Crippen LogP contribution in [0.2, 0.25) is 0 Å². The minimum atomic E-state index is -2.57. The maximum absolute atomic E-state index is 13.1. The zero-order valence-electron chi connectivity index (χ0n) is 7.97. The first kappa shape index (κ1) is 11.4. The molecule has 0 aromatic heterocycles. The number of nitrogens with zero attached hydrogens (tertiary/aromatic N) is 1. The summed E-state index contributed by atoms with van der Waals surface area (Å²) in [5.74, 6) is -0.719. The van der Waals surface area contributed by atoms with Crippen molar-refractivity contribution in [3.63, 3.8) is 0 Å². The summed E-state index contributed by atoms with van der Waals surface area (Å²) in [6.07, 6.45) is -2.57. The van der Waals surface area contributed by atoms with Crippen molar-refractivity contribution in [3.8, 4) is 6.07 Å². The molecule has 1 aromatic rings. The van der Waals surface area contributed by atoms with E-state index in [4.69, 9.17) is 5.26 Å². The van der Waals surface area contributed by atoms with Gasteiger partial charge in [-0.2, -0.15) is 5.26 Å². The molecule has 5 heteroatoms. The molecule has 0 spiro atoms. The van der Waals surface area contributed by atoms with Crippen LogP contribution in [-0.2, 0) is 0 Å². The van der Waals surface area contributed by atoms with Gasteiger partial charge in [-0.1, -0.05) is 6.07 Å². The topological polar surface area (TPSA) is 35.8 Å². The molecule has 0 saturated carbocycles. The highest BCUT2D eigenvalue weighted by Crippen LogP contribution is 2.19. The standard InChI is InChI=1S/C10H9F3N2/c1-6(10(12)13)15-9-4-2-3-8(11)7(9)5-14/h2-4,6,10,15H,1H3. The van der Waals surface area contributed by atoms with E-state index in [1.807, 2.05) is 0 Å². The number of benzene rings is 1. The van der Waals surface area contributed by atoms with Gasteiger partial charge in [-0.25, -0.2) is 13.2 Å². The second-order valence-electron chi connectivity index (χ2n) is 3.04. The summed E-state index contributed by atoms with van der Waals surface area (Å²) >= 11 is 0. The van der Waals surface area contributed by atoms with Gasteiger partial charge >= 0.3 is 0 Å². The van der Waals surface area contributed by atoms with E-state index >= 15 is 0 Å². The van der Waals surface area contributed by atoms with Crippen molar-refractivity contribution in [1.82, 2.24) is 0 Å². The first-order chi connectivity index (χ1) is 7.06. The van der Waals surface area contributed by atoms with Crippen LogP contribution in [0.15, 0.2) is 18.2 Å². The highest BCUT2D eigenvalue weighted by atomic mass is 19.3. The van der Waals surface area contributed by atoms with Crippen molar-refractivity contribution >= 4 is 5.69 Å². The second-order valence-corrected chi connectivity index (χ2v) is 3.04. The zero-order chi connectivity index (χ0) is 11.4. The molecule has 0 aliphatic heterocycles. The van der Waals surface area contributed by atoms with Crippen molar-refractivity contribution in [1.29, 1.82) is 5.26 Å². The molecule has 0 heterocycles. The lowest BCUT2D eigenvalue weighted by atomic mass is 10.1. The third-order valence-electron chi connectivity index (χ3n) is 1.89. The summed E-state index contributed by atoms with van der Waals surface area (Å²) in [6.45, 7) is 1.26. The summed E-state index contributed by atoms with van der Waals surface area (Å²) in [4.78, 5) is 0. The Kier molecular flexibility index (Phi) is 3.56. The molecule has 1 N–H and O–H groups in total. The number of hydrogen-bond acceptors (Lipinski definition) is 2. The van der Waals surface area contributed by atoms with Crippen molar-refractivity contribution < 1.29 is 13.2 Å². The molecule has 0 bridgehead atoms. The minimum absolute atomic E-state index is 0.0882. The molecule has 1 unspecified atom stereocenters. The molecule has 0 aliphatic rings. The van der Waals surface area contributed by atoms with Crippen LogP contribution in [-0.4, -0.2) is 12.5 Å². The van der Waals surface area contributed by atoms with Crippen LogP contribution >= 0.6 is 0 Å². The molecular formula is C10H9F3N2. The second kappa shape index (κ2) is 4.69. The lowest BCUT2D eigenvalue weighted by Crippen LogP contribution is -2.24. The van der Waals surface area contributed by atoms with E-state index in [0.29, 0.717) is 0 Å². The lowest BCUT2D eigenvalue weighted by Gasteiger charge is -2.15. The van der Waals surface area contributed by atoms with Crippen molar-refractivity contribution in [2.75, 3.05) is 5.32 Å². The summed E-state index contributed by atoms with van der Waals surface area (Å²) in [6, 6.07) is 4.35. The Labute approximate surface area is 85.3 Å². The Morgan fingerprint density at radius 2 is 2.07 bits per heavy atom. The molecule has 1 atom stereocenters. The van der Waals surface area contributed by atoms with E-state index in [-0.39, 0.29) is 11.3 Å². The van der Waals surface area contributed by atoms with Gasteiger partial charge in [0.1, 0.15) is 17.4 Å². The van der Waals surface area contributed by atoms with Gasteiger partial charge in [-0.15, -0.1) is 0 Å². The molecule has 15 heavy (non-hydrogen) atoms. The van der Waals surface area contributed by atoms with Crippen molar-refractivity contribution in [2.24, 2.45) is 0 Å². The average molecular weight is 214 g/mol. The van der Waals surface area contributed by atoms with E-state index < -0.39 is 18.3 Å². The van der Waals surface area contributed by atoms with Crippen LogP contribution in [0, 0.1) is 17.1 Å². The molecule has 0 fully saturated rings. The lowest BCUT2D eigenvalue weighted by molar-refractivity contribution is 0.130. The third-order valence-corrected chi connectivity index (χ3v) is 1.89. The summed E-state index contributed by atoms with van der Waals surface area (Å²) < 4.78 is 37.5. The Hall–Kier alpha value is -1.70. The largest absolute Gasteiger partial charge is 0.376 e. The van der Waals surface area contributed by atoms with Gasteiger partial charge in [0.25, 0.3) is 6.43 Å². The fourth-order valence-electron chi connectivity index (χ4n) is 1.07. The first-order valence-corrected chi connectivity index (χ1v) is 4.29.